The largest absolute Gasteiger partial charge is 0.496 e. The Morgan fingerprint density at radius 1 is 1.05 bits per heavy atom. The molecule has 1 aromatic carbocycles. The van der Waals surface area contributed by atoms with Gasteiger partial charge < -0.3 is 19.5 Å². The van der Waals surface area contributed by atoms with Gasteiger partial charge in [0.25, 0.3) is 0 Å². The topological polar surface area (TPSA) is 39.7 Å². The van der Waals surface area contributed by atoms with Crippen molar-refractivity contribution in [3.05, 3.63) is 18.2 Å². The predicted octanol–water partition coefficient (Wildman–Crippen LogP) is 3.39. The third-order valence-electron chi connectivity index (χ3n) is 4.06. The van der Waals surface area contributed by atoms with Gasteiger partial charge in [-0.25, -0.2) is 0 Å². The van der Waals surface area contributed by atoms with Crippen LogP contribution in [0.3, 0.4) is 0 Å². The maximum atomic E-state index is 6.30. The molecule has 0 atom stereocenters. The summed E-state index contributed by atoms with van der Waals surface area (Å²) in [5.74, 6) is 2.36. The van der Waals surface area contributed by atoms with Gasteiger partial charge in [-0.3, -0.25) is 0 Å². The van der Waals surface area contributed by atoms with Crippen molar-refractivity contribution < 1.29 is 14.2 Å². The molecule has 4 nitrogen and oxygen atoms in total. The molecule has 2 rings (SSSR count). The van der Waals surface area contributed by atoms with Crippen LogP contribution in [0.1, 0.15) is 39.5 Å². The summed E-state index contributed by atoms with van der Waals surface area (Å²) < 4.78 is 16.9. The number of ether oxygens (including phenoxy) is 3. The molecule has 1 aliphatic rings. The van der Waals surface area contributed by atoms with Gasteiger partial charge in [-0.15, -0.1) is 0 Å². The first-order valence-electron chi connectivity index (χ1n) is 7.72. The molecule has 0 saturated heterocycles. The molecule has 0 aromatic heterocycles. The zero-order valence-corrected chi connectivity index (χ0v) is 13.6. The van der Waals surface area contributed by atoms with E-state index in [1.54, 1.807) is 14.2 Å². The average molecular weight is 293 g/mol. The van der Waals surface area contributed by atoms with Crippen molar-refractivity contribution in [1.29, 1.82) is 0 Å². The molecule has 0 unspecified atom stereocenters. The molecule has 1 N–H and O–H groups in total. The second kappa shape index (κ2) is 7.03. The van der Waals surface area contributed by atoms with Crippen LogP contribution >= 0.6 is 0 Å². The fourth-order valence-corrected chi connectivity index (χ4v) is 2.65. The van der Waals surface area contributed by atoms with Gasteiger partial charge in [-0.2, -0.15) is 0 Å². The minimum absolute atomic E-state index is 0.0285. The molecule has 0 heterocycles. The molecule has 0 spiro atoms. The standard InChI is InChI=1S/C17H27NO3/c1-13(2)18-9-8-17(6-5-7-17)21-16-11-14(19-3)10-15(12-16)20-4/h10-13,18H,5-9H2,1-4H3. The summed E-state index contributed by atoms with van der Waals surface area (Å²) >= 11 is 0. The highest BCUT2D eigenvalue weighted by atomic mass is 16.5. The van der Waals surface area contributed by atoms with Gasteiger partial charge in [0.05, 0.1) is 14.2 Å². The highest BCUT2D eigenvalue weighted by Gasteiger charge is 2.39. The molecule has 21 heavy (non-hydrogen) atoms. The monoisotopic (exact) mass is 293 g/mol. The zero-order chi connectivity index (χ0) is 15.3. The van der Waals surface area contributed by atoms with Gasteiger partial charge in [0.2, 0.25) is 0 Å². The molecular weight excluding hydrogens is 266 g/mol. The van der Waals surface area contributed by atoms with E-state index in [9.17, 15) is 0 Å². The maximum absolute atomic E-state index is 6.30. The number of rotatable bonds is 8. The zero-order valence-electron chi connectivity index (χ0n) is 13.6. The Labute approximate surface area is 127 Å². The summed E-state index contributed by atoms with van der Waals surface area (Å²) in [6, 6.07) is 6.23. The average Bonchev–Trinajstić information content (AvgIpc) is 2.43. The Morgan fingerprint density at radius 3 is 2.05 bits per heavy atom. The van der Waals surface area contributed by atoms with E-state index >= 15 is 0 Å². The van der Waals surface area contributed by atoms with Crippen molar-refractivity contribution in [2.75, 3.05) is 20.8 Å². The SMILES string of the molecule is COc1cc(OC)cc(OC2(CCNC(C)C)CCC2)c1. The summed E-state index contributed by atoms with van der Waals surface area (Å²) in [5, 5.41) is 3.47. The summed E-state index contributed by atoms with van der Waals surface area (Å²) in [5.41, 5.74) is -0.0285. The second-order valence-electron chi connectivity index (χ2n) is 6.05. The van der Waals surface area contributed by atoms with Crippen LogP contribution in [0.25, 0.3) is 0 Å². The van der Waals surface area contributed by atoms with Crippen molar-refractivity contribution in [2.24, 2.45) is 0 Å². The summed E-state index contributed by atoms with van der Waals surface area (Å²) in [6.07, 6.45) is 4.51. The van der Waals surface area contributed by atoms with Gasteiger partial charge in [0, 0.05) is 24.2 Å². The molecule has 118 valence electrons. The fraction of sp³-hybridized carbons (Fsp3) is 0.647. The quantitative estimate of drug-likeness (QED) is 0.797. The molecule has 1 saturated carbocycles. The van der Waals surface area contributed by atoms with Crippen LogP contribution in [0.2, 0.25) is 0 Å². The second-order valence-corrected chi connectivity index (χ2v) is 6.05. The first-order chi connectivity index (χ1) is 10.1. The van der Waals surface area contributed by atoms with E-state index in [0.29, 0.717) is 6.04 Å². The Balaban J connectivity index is 2.03. The van der Waals surface area contributed by atoms with E-state index in [4.69, 9.17) is 14.2 Å². The van der Waals surface area contributed by atoms with Crippen molar-refractivity contribution in [2.45, 2.75) is 51.2 Å². The van der Waals surface area contributed by atoms with E-state index in [0.717, 1.165) is 43.1 Å². The smallest absolute Gasteiger partial charge is 0.127 e. The van der Waals surface area contributed by atoms with Crippen LogP contribution in [-0.2, 0) is 0 Å². The highest BCUT2D eigenvalue weighted by molar-refractivity contribution is 5.42. The van der Waals surface area contributed by atoms with Crippen LogP contribution in [0.5, 0.6) is 17.2 Å². The van der Waals surface area contributed by atoms with Gasteiger partial charge in [-0.1, -0.05) is 13.8 Å². The molecule has 1 aliphatic carbocycles. The summed E-state index contributed by atoms with van der Waals surface area (Å²) in [6.45, 7) is 5.32. The molecule has 4 heteroatoms. The number of benzene rings is 1. The number of hydrogen-bond acceptors (Lipinski definition) is 4. The van der Waals surface area contributed by atoms with Crippen LogP contribution in [0, 0.1) is 0 Å². The lowest BCUT2D eigenvalue weighted by Crippen LogP contribution is -2.45. The molecule has 0 amide bonds. The fourth-order valence-electron chi connectivity index (χ4n) is 2.65. The lowest BCUT2D eigenvalue weighted by atomic mass is 9.77. The lowest BCUT2D eigenvalue weighted by molar-refractivity contribution is -0.0147. The third kappa shape index (κ3) is 4.27. The molecule has 0 aliphatic heterocycles. The van der Waals surface area contributed by atoms with E-state index in [2.05, 4.69) is 19.2 Å². The van der Waals surface area contributed by atoms with E-state index < -0.39 is 0 Å². The van der Waals surface area contributed by atoms with Crippen molar-refractivity contribution >= 4 is 0 Å². The van der Waals surface area contributed by atoms with Crippen LogP contribution in [0.15, 0.2) is 18.2 Å². The van der Waals surface area contributed by atoms with Crippen molar-refractivity contribution in [1.82, 2.24) is 5.32 Å². The molecular formula is C17H27NO3. The minimum Gasteiger partial charge on any atom is -0.496 e. The Morgan fingerprint density at radius 2 is 1.62 bits per heavy atom. The first-order valence-corrected chi connectivity index (χ1v) is 7.72. The van der Waals surface area contributed by atoms with E-state index in [-0.39, 0.29) is 5.60 Å². The third-order valence-corrected chi connectivity index (χ3v) is 4.06. The van der Waals surface area contributed by atoms with E-state index in [1.807, 2.05) is 18.2 Å². The molecule has 1 aromatic rings. The molecule has 1 fully saturated rings. The van der Waals surface area contributed by atoms with Crippen LogP contribution < -0.4 is 19.5 Å². The summed E-state index contributed by atoms with van der Waals surface area (Å²) in [7, 11) is 3.31. The van der Waals surface area contributed by atoms with Gasteiger partial charge in [0.15, 0.2) is 0 Å². The van der Waals surface area contributed by atoms with Crippen LogP contribution in [0.4, 0.5) is 0 Å². The lowest BCUT2D eigenvalue weighted by Gasteiger charge is -2.42. The van der Waals surface area contributed by atoms with Gasteiger partial charge >= 0.3 is 0 Å². The van der Waals surface area contributed by atoms with Crippen LogP contribution in [-0.4, -0.2) is 32.4 Å². The summed E-state index contributed by atoms with van der Waals surface area (Å²) in [4.78, 5) is 0. The van der Waals surface area contributed by atoms with Gasteiger partial charge in [-0.05, 0) is 32.2 Å². The normalized spacial score (nSPS) is 16.4. The minimum atomic E-state index is -0.0285. The van der Waals surface area contributed by atoms with Crippen molar-refractivity contribution in [3.63, 3.8) is 0 Å². The highest BCUT2D eigenvalue weighted by Crippen LogP contribution is 2.40. The number of nitrogens with one attached hydrogen (secondary N) is 1. The van der Waals surface area contributed by atoms with E-state index in [1.165, 1.54) is 6.42 Å². The van der Waals surface area contributed by atoms with Gasteiger partial charge in [0.1, 0.15) is 22.8 Å². The number of hydrogen-bond donors (Lipinski definition) is 1. The Hall–Kier alpha value is -1.42. The predicted molar refractivity (Wildman–Crippen MR) is 84.5 cm³/mol. The Bertz CT molecular complexity index is 433. The first kappa shape index (κ1) is 16.0. The molecule has 0 radical (unpaired) electrons. The van der Waals surface area contributed by atoms with Crippen molar-refractivity contribution in [3.8, 4) is 17.2 Å². The molecule has 0 bridgehead atoms. The number of methoxy groups -OCH3 is 2. The Kier molecular flexibility index (Phi) is 5.34. The maximum Gasteiger partial charge on any atom is 0.127 e.